The highest BCUT2D eigenvalue weighted by molar-refractivity contribution is 7.53. The van der Waals surface area contributed by atoms with Crippen LogP contribution in [0.5, 0.6) is 0 Å². The van der Waals surface area contributed by atoms with Crippen molar-refractivity contribution in [3.8, 4) is 0 Å². The lowest BCUT2D eigenvalue weighted by Crippen LogP contribution is -2.49. The molecule has 1 aromatic rings. The molecule has 2 saturated heterocycles. The summed E-state index contributed by atoms with van der Waals surface area (Å²) in [6.07, 6.45) is 3.11. The van der Waals surface area contributed by atoms with Crippen molar-refractivity contribution >= 4 is 19.9 Å². The Morgan fingerprint density at radius 2 is 1.70 bits per heavy atom. The van der Waals surface area contributed by atoms with E-state index in [-0.39, 0.29) is 12.0 Å². The first kappa shape index (κ1) is 22.6. The number of rotatable bonds is 4. The number of ether oxygens (including phenoxy) is 1. The highest BCUT2D eigenvalue weighted by atomic mass is 31.2. The predicted molar refractivity (Wildman–Crippen MR) is 122 cm³/mol. The average Bonchev–Trinajstić information content (AvgIpc) is 2.66. The number of hydrogen-bond donors (Lipinski definition) is 1. The first-order chi connectivity index (χ1) is 14.1. The topological polar surface area (TPSA) is 58.8 Å². The van der Waals surface area contributed by atoms with E-state index in [0.717, 1.165) is 22.5 Å². The van der Waals surface area contributed by atoms with Crippen LogP contribution in [-0.4, -0.2) is 60.0 Å². The van der Waals surface area contributed by atoms with E-state index in [9.17, 15) is 8.99 Å². The molecule has 5 nitrogen and oxygen atoms in total. The zero-order valence-electron chi connectivity index (χ0n) is 18.4. The minimum atomic E-state index is -1.32. The molecular formula is C23H33FN3O2P. The van der Waals surface area contributed by atoms with Crippen LogP contribution in [0, 0.1) is 5.92 Å². The number of allylic oxidation sites excluding steroid dienone is 3. The molecule has 164 valence electrons. The molecule has 1 aromatic carbocycles. The molecule has 1 amide bonds. The Morgan fingerprint density at radius 3 is 2.20 bits per heavy atom. The molecule has 0 aliphatic carbocycles. The number of carbonyl (C=O) groups excluding carboxylic acids is 1. The highest BCUT2D eigenvalue weighted by Gasteiger charge is 2.33. The Bertz CT molecular complexity index is 801. The molecule has 0 unspecified atom stereocenters. The van der Waals surface area contributed by atoms with Gasteiger partial charge >= 0.3 is 6.09 Å². The molecule has 0 radical (unpaired) electrons. The number of piperazine rings is 1. The highest BCUT2D eigenvalue weighted by Crippen LogP contribution is 2.55. The molecule has 2 fully saturated rings. The van der Waals surface area contributed by atoms with Gasteiger partial charge < -0.3 is 20.3 Å². The van der Waals surface area contributed by atoms with E-state index in [2.05, 4.69) is 23.1 Å². The maximum Gasteiger partial charge on any atom is 0.410 e. The number of amides is 1. The lowest BCUT2D eigenvalue weighted by atomic mass is 9.93. The van der Waals surface area contributed by atoms with Gasteiger partial charge in [0, 0.05) is 44.2 Å². The predicted octanol–water partition coefficient (Wildman–Crippen LogP) is 4.81. The van der Waals surface area contributed by atoms with Gasteiger partial charge in [0.1, 0.15) is 5.60 Å². The minimum Gasteiger partial charge on any atom is -0.444 e. The van der Waals surface area contributed by atoms with Gasteiger partial charge in [-0.15, -0.1) is 0 Å². The third-order valence-electron chi connectivity index (χ3n) is 5.35. The van der Waals surface area contributed by atoms with Crippen molar-refractivity contribution in [2.45, 2.75) is 33.3 Å². The second-order valence-electron chi connectivity index (χ2n) is 9.01. The molecule has 30 heavy (non-hydrogen) atoms. The summed E-state index contributed by atoms with van der Waals surface area (Å²) in [7, 11) is -1.32. The maximum absolute atomic E-state index is 13.7. The van der Waals surface area contributed by atoms with Crippen LogP contribution in [0.25, 0.3) is 5.57 Å². The van der Waals surface area contributed by atoms with Gasteiger partial charge in [-0.1, -0.05) is 30.3 Å². The van der Waals surface area contributed by atoms with Crippen LogP contribution in [0.4, 0.5) is 8.99 Å². The van der Waals surface area contributed by atoms with Crippen LogP contribution >= 0.6 is 8.23 Å². The number of hydrogen-bond acceptors (Lipinski definition) is 4. The zero-order valence-corrected chi connectivity index (χ0v) is 19.3. The number of halogens is 1. The first-order valence-electron chi connectivity index (χ1n) is 10.5. The summed E-state index contributed by atoms with van der Waals surface area (Å²) in [5.74, 6) is 0.237. The Balaban J connectivity index is 1.76. The number of carbonyl (C=O) groups is 1. The van der Waals surface area contributed by atoms with Crippen molar-refractivity contribution in [2.75, 3.05) is 38.5 Å². The summed E-state index contributed by atoms with van der Waals surface area (Å²) in [6.45, 7) is 10.1. The number of nitrogens with two attached hydrogens (primary N) is 1. The Morgan fingerprint density at radius 1 is 1.13 bits per heavy atom. The quantitative estimate of drug-likeness (QED) is 0.547. The van der Waals surface area contributed by atoms with Crippen LogP contribution in [0.1, 0.15) is 33.3 Å². The third kappa shape index (κ3) is 5.75. The van der Waals surface area contributed by atoms with Gasteiger partial charge in [-0.25, -0.2) is 8.99 Å². The first-order valence-corrected chi connectivity index (χ1v) is 12.1. The van der Waals surface area contributed by atoms with Gasteiger partial charge in [0.2, 0.25) is 0 Å². The van der Waals surface area contributed by atoms with Crippen molar-refractivity contribution in [3.05, 3.63) is 53.4 Å². The molecule has 2 N–H and O–H groups in total. The second kappa shape index (κ2) is 9.38. The molecular weight excluding hydrogens is 400 g/mol. The minimum absolute atomic E-state index is 0.237. The SMILES string of the molecule is C/C(N)=C(/C=C(/c1ccccc1)C1CP(F)C1)N1CCN(C(=O)OC(C)(C)C)CC1. The molecule has 0 atom stereocenters. The van der Waals surface area contributed by atoms with Crippen LogP contribution < -0.4 is 5.73 Å². The lowest BCUT2D eigenvalue weighted by molar-refractivity contribution is 0.0170. The smallest absolute Gasteiger partial charge is 0.410 e. The van der Waals surface area contributed by atoms with E-state index in [4.69, 9.17) is 10.5 Å². The summed E-state index contributed by atoms with van der Waals surface area (Å²) in [6, 6.07) is 10.2. The summed E-state index contributed by atoms with van der Waals surface area (Å²) in [4.78, 5) is 16.3. The van der Waals surface area contributed by atoms with Gasteiger partial charge in [0.25, 0.3) is 0 Å². The van der Waals surface area contributed by atoms with E-state index >= 15 is 0 Å². The summed E-state index contributed by atoms with van der Waals surface area (Å²) < 4.78 is 19.2. The van der Waals surface area contributed by atoms with E-state index < -0.39 is 13.8 Å². The van der Waals surface area contributed by atoms with Gasteiger partial charge in [-0.05, 0) is 50.8 Å². The Hall–Kier alpha value is -2.07. The standard InChI is InChI=1S/C23H33FN3O2P/c1-17(25)21(26-10-12-27(13-11-26)22(28)29-23(2,3)4)14-20(19-15-30(24)16-19)18-8-6-5-7-9-18/h5-9,14,19H,10-13,15-16,25H2,1-4H3/b20-14-,21-17+. The number of benzene rings is 1. The molecule has 7 heteroatoms. The van der Waals surface area contributed by atoms with E-state index in [0.29, 0.717) is 38.5 Å². The molecule has 0 saturated carbocycles. The third-order valence-corrected chi connectivity index (χ3v) is 7.03. The van der Waals surface area contributed by atoms with Crippen molar-refractivity contribution in [1.82, 2.24) is 9.80 Å². The summed E-state index contributed by atoms with van der Waals surface area (Å²) in [5.41, 5.74) is 9.75. The van der Waals surface area contributed by atoms with Crippen molar-refractivity contribution in [2.24, 2.45) is 11.7 Å². The summed E-state index contributed by atoms with van der Waals surface area (Å²) >= 11 is 0. The molecule has 2 aliphatic heterocycles. The second-order valence-corrected chi connectivity index (χ2v) is 10.7. The number of nitrogens with zero attached hydrogens (tertiary/aromatic N) is 2. The molecule has 0 aromatic heterocycles. The Labute approximate surface area is 180 Å². The molecule has 2 heterocycles. The van der Waals surface area contributed by atoms with Gasteiger partial charge in [0.05, 0.1) is 13.9 Å². The van der Waals surface area contributed by atoms with E-state index in [1.54, 1.807) is 4.90 Å². The van der Waals surface area contributed by atoms with Crippen LogP contribution in [0.3, 0.4) is 0 Å². The fraction of sp³-hybridized carbons (Fsp3) is 0.522. The van der Waals surface area contributed by atoms with Crippen LogP contribution in [0.2, 0.25) is 0 Å². The Kier molecular flexibility index (Phi) is 7.07. The monoisotopic (exact) mass is 433 g/mol. The largest absolute Gasteiger partial charge is 0.444 e. The fourth-order valence-electron chi connectivity index (χ4n) is 3.75. The molecule has 3 rings (SSSR count). The van der Waals surface area contributed by atoms with Gasteiger partial charge in [0.15, 0.2) is 0 Å². The average molecular weight is 434 g/mol. The van der Waals surface area contributed by atoms with Gasteiger partial charge in [-0.2, -0.15) is 0 Å². The van der Waals surface area contributed by atoms with Crippen molar-refractivity contribution in [1.29, 1.82) is 0 Å². The van der Waals surface area contributed by atoms with Crippen LogP contribution in [-0.2, 0) is 4.74 Å². The van der Waals surface area contributed by atoms with Crippen molar-refractivity contribution < 1.29 is 13.7 Å². The maximum atomic E-state index is 13.7. The van der Waals surface area contributed by atoms with Crippen molar-refractivity contribution in [3.63, 3.8) is 0 Å². The van der Waals surface area contributed by atoms with E-state index in [1.165, 1.54) is 0 Å². The summed E-state index contributed by atoms with van der Waals surface area (Å²) in [5, 5.41) is 0. The molecule has 0 spiro atoms. The molecule has 0 bridgehead atoms. The van der Waals surface area contributed by atoms with Crippen LogP contribution in [0.15, 0.2) is 47.8 Å². The fourth-order valence-corrected chi connectivity index (χ4v) is 4.99. The van der Waals surface area contributed by atoms with E-state index in [1.807, 2.05) is 45.9 Å². The zero-order chi connectivity index (χ0) is 21.9. The normalized spacial score (nSPS) is 23.6. The molecule has 2 aliphatic rings. The van der Waals surface area contributed by atoms with Gasteiger partial charge in [-0.3, -0.25) is 0 Å². The lowest BCUT2D eigenvalue weighted by Gasteiger charge is -2.38.